The van der Waals surface area contributed by atoms with Crippen LogP contribution in [0.15, 0.2) is 22.4 Å². The second-order valence-corrected chi connectivity index (χ2v) is 5.99. The molecule has 2 heterocycles. The predicted octanol–water partition coefficient (Wildman–Crippen LogP) is 2.28. The van der Waals surface area contributed by atoms with Gasteiger partial charge in [-0.05, 0) is 39.8 Å². The Kier molecular flexibility index (Phi) is 5.32. The number of H-pyrrole nitrogens is 1. The van der Waals surface area contributed by atoms with Gasteiger partial charge in [-0.15, -0.1) is 0 Å². The fourth-order valence-corrected chi connectivity index (χ4v) is 2.72. The van der Waals surface area contributed by atoms with Gasteiger partial charge in [-0.1, -0.05) is 11.8 Å². The first-order valence-electron chi connectivity index (χ1n) is 6.87. The monoisotopic (exact) mass is 317 g/mol. The summed E-state index contributed by atoms with van der Waals surface area (Å²) in [6.45, 7) is 7.75. The van der Waals surface area contributed by atoms with Crippen molar-refractivity contribution in [3.05, 3.63) is 40.5 Å². The first-order chi connectivity index (χ1) is 10.4. The van der Waals surface area contributed by atoms with Crippen LogP contribution in [0.2, 0.25) is 0 Å². The SMILES string of the molecule is Cc1cc(C)nc(SCC(=O)N/N=C\c2cc(C)[nH]c2C)n1. The van der Waals surface area contributed by atoms with Crippen molar-refractivity contribution in [2.45, 2.75) is 32.9 Å². The topological polar surface area (TPSA) is 83.0 Å². The Morgan fingerprint density at radius 1 is 1.27 bits per heavy atom. The molecular formula is C15H19N5OS. The number of aryl methyl sites for hydroxylation is 4. The molecule has 0 radical (unpaired) electrons. The average molecular weight is 317 g/mol. The number of carbonyl (C=O) groups excluding carboxylic acids is 1. The fourth-order valence-electron chi connectivity index (χ4n) is 1.97. The van der Waals surface area contributed by atoms with Gasteiger partial charge in [-0.2, -0.15) is 5.10 Å². The zero-order chi connectivity index (χ0) is 16.1. The van der Waals surface area contributed by atoms with Gasteiger partial charge in [-0.25, -0.2) is 15.4 Å². The quantitative estimate of drug-likeness (QED) is 0.383. The molecule has 6 nitrogen and oxygen atoms in total. The smallest absolute Gasteiger partial charge is 0.250 e. The Morgan fingerprint density at radius 2 is 1.95 bits per heavy atom. The van der Waals surface area contributed by atoms with E-state index in [4.69, 9.17) is 0 Å². The minimum atomic E-state index is -0.186. The maximum absolute atomic E-state index is 11.8. The van der Waals surface area contributed by atoms with Gasteiger partial charge in [-0.3, -0.25) is 4.79 Å². The van der Waals surface area contributed by atoms with E-state index in [9.17, 15) is 4.79 Å². The molecule has 7 heteroatoms. The summed E-state index contributed by atoms with van der Waals surface area (Å²) in [7, 11) is 0. The molecule has 0 aromatic carbocycles. The number of rotatable bonds is 5. The molecule has 2 N–H and O–H groups in total. The Bertz CT molecular complexity index is 688. The van der Waals surface area contributed by atoms with Gasteiger partial charge >= 0.3 is 0 Å². The van der Waals surface area contributed by atoms with Crippen molar-refractivity contribution in [1.29, 1.82) is 0 Å². The van der Waals surface area contributed by atoms with Gasteiger partial charge in [0.05, 0.1) is 12.0 Å². The van der Waals surface area contributed by atoms with E-state index in [2.05, 4.69) is 25.5 Å². The van der Waals surface area contributed by atoms with Crippen molar-refractivity contribution >= 4 is 23.9 Å². The summed E-state index contributed by atoms with van der Waals surface area (Å²) >= 11 is 1.30. The van der Waals surface area contributed by atoms with E-state index in [-0.39, 0.29) is 11.7 Å². The van der Waals surface area contributed by atoms with Crippen LogP contribution in [0.5, 0.6) is 0 Å². The molecule has 0 aliphatic rings. The average Bonchev–Trinajstić information content (AvgIpc) is 2.74. The molecule has 2 aromatic heterocycles. The highest BCUT2D eigenvalue weighted by Gasteiger charge is 2.05. The van der Waals surface area contributed by atoms with E-state index in [1.54, 1.807) is 6.21 Å². The van der Waals surface area contributed by atoms with Gasteiger partial charge in [0.25, 0.3) is 5.91 Å². The van der Waals surface area contributed by atoms with Crippen LogP contribution in [-0.4, -0.2) is 32.8 Å². The van der Waals surface area contributed by atoms with E-state index in [1.165, 1.54) is 11.8 Å². The van der Waals surface area contributed by atoms with Crippen LogP contribution in [0.25, 0.3) is 0 Å². The molecule has 0 aliphatic carbocycles. The molecule has 0 aliphatic heterocycles. The molecule has 0 unspecified atom stereocenters. The molecule has 0 fully saturated rings. The van der Waals surface area contributed by atoms with Gasteiger partial charge in [0.1, 0.15) is 0 Å². The summed E-state index contributed by atoms with van der Waals surface area (Å²) in [4.78, 5) is 23.5. The molecule has 22 heavy (non-hydrogen) atoms. The Hall–Kier alpha value is -2.15. The maximum Gasteiger partial charge on any atom is 0.250 e. The van der Waals surface area contributed by atoms with Crippen LogP contribution in [0.3, 0.4) is 0 Å². The van der Waals surface area contributed by atoms with E-state index in [0.717, 1.165) is 28.3 Å². The number of nitrogens with zero attached hydrogens (tertiary/aromatic N) is 3. The van der Waals surface area contributed by atoms with Crippen molar-refractivity contribution < 1.29 is 4.79 Å². The number of nitrogens with one attached hydrogen (secondary N) is 2. The minimum Gasteiger partial charge on any atom is -0.362 e. The first-order valence-corrected chi connectivity index (χ1v) is 7.86. The molecular weight excluding hydrogens is 298 g/mol. The highest BCUT2D eigenvalue weighted by atomic mass is 32.2. The van der Waals surface area contributed by atoms with Gasteiger partial charge in [0.15, 0.2) is 5.16 Å². The third kappa shape index (κ3) is 4.70. The van der Waals surface area contributed by atoms with Crippen LogP contribution < -0.4 is 5.43 Å². The molecule has 2 aromatic rings. The van der Waals surface area contributed by atoms with E-state index in [1.807, 2.05) is 39.8 Å². The van der Waals surface area contributed by atoms with Crippen LogP contribution >= 0.6 is 11.8 Å². The third-order valence-corrected chi connectivity index (χ3v) is 3.72. The minimum absolute atomic E-state index is 0.186. The van der Waals surface area contributed by atoms with Crippen molar-refractivity contribution in [2.75, 3.05) is 5.75 Å². The van der Waals surface area contributed by atoms with Crippen LogP contribution in [0.1, 0.15) is 28.3 Å². The lowest BCUT2D eigenvalue weighted by Crippen LogP contribution is -2.19. The van der Waals surface area contributed by atoms with E-state index in [0.29, 0.717) is 5.16 Å². The Balaban J connectivity index is 1.84. The Morgan fingerprint density at radius 3 is 2.55 bits per heavy atom. The van der Waals surface area contributed by atoms with E-state index >= 15 is 0 Å². The van der Waals surface area contributed by atoms with Crippen molar-refractivity contribution in [3.63, 3.8) is 0 Å². The number of hydrogen-bond donors (Lipinski definition) is 2. The van der Waals surface area contributed by atoms with Crippen molar-refractivity contribution in [3.8, 4) is 0 Å². The molecule has 0 atom stereocenters. The number of carbonyl (C=O) groups is 1. The molecule has 0 spiro atoms. The second-order valence-electron chi connectivity index (χ2n) is 5.05. The molecule has 0 bridgehead atoms. The van der Waals surface area contributed by atoms with Gasteiger partial charge in [0, 0.05) is 28.3 Å². The van der Waals surface area contributed by atoms with Crippen molar-refractivity contribution in [1.82, 2.24) is 20.4 Å². The summed E-state index contributed by atoms with van der Waals surface area (Å²) in [5.74, 6) is 0.0414. The zero-order valence-electron chi connectivity index (χ0n) is 13.1. The third-order valence-electron chi connectivity index (χ3n) is 2.88. The molecule has 2 rings (SSSR count). The number of aromatic nitrogens is 3. The van der Waals surface area contributed by atoms with Crippen LogP contribution in [0, 0.1) is 27.7 Å². The van der Waals surface area contributed by atoms with Crippen LogP contribution in [0.4, 0.5) is 0 Å². The molecule has 0 saturated heterocycles. The summed E-state index contributed by atoms with van der Waals surface area (Å²) < 4.78 is 0. The normalized spacial score (nSPS) is 11.1. The number of hydrogen-bond acceptors (Lipinski definition) is 5. The standard InChI is InChI=1S/C15H19N5OS/c1-9-5-10(2)19-15(18-9)22-8-14(21)20-16-7-13-6-11(3)17-12(13)4/h5-7,17H,8H2,1-4H3,(H,20,21)/b16-7-. The largest absolute Gasteiger partial charge is 0.362 e. The summed E-state index contributed by atoms with van der Waals surface area (Å²) in [6, 6.07) is 3.87. The first kappa shape index (κ1) is 16.2. The number of amides is 1. The number of aromatic amines is 1. The molecule has 1 amide bonds. The summed E-state index contributed by atoms with van der Waals surface area (Å²) in [6.07, 6.45) is 1.63. The van der Waals surface area contributed by atoms with Crippen LogP contribution in [-0.2, 0) is 4.79 Å². The molecule has 116 valence electrons. The zero-order valence-corrected chi connectivity index (χ0v) is 13.9. The summed E-state index contributed by atoms with van der Waals surface area (Å²) in [5, 5.41) is 4.57. The highest BCUT2D eigenvalue weighted by Crippen LogP contribution is 2.13. The lowest BCUT2D eigenvalue weighted by Gasteiger charge is -2.02. The highest BCUT2D eigenvalue weighted by molar-refractivity contribution is 7.99. The van der Waals surface area contributed by atoms with E-state index < -0.39 is 0 Å². The van der Waals surface area contributed by atoms with Gasteiger partial charge < -0.3 is 4.98 Å². The number of thioether (sulfide) groups is 1. The predicted molar refractivity (Wildman–Crippen MR) is 88.2 cm³/mol. The lowest BCUT2D eigenvalue weighted by atomic mass is 10.3. The maximum atomic E-state index is 11.8. The summed E-state index contributed by atoms with van der Waals surface area (Å²) in [5.41, 5.74) is 7.34. The fraction of sp³-hybridized carbons (Fsp3) is 0.333. The second kappa shape index (κ2) is 7.22. The Labute approximate surface area is 133 Å². The lowest BCUT2D eigenvalue weighted by molar-refractivity contribution is -0.118. The van der Waals surface area contributed by atoms with Gasteiger partial charge in [0.2, 0.25) is 0 Å². The molecule has 0 saturated carbocycles. The number of hydrazone groups is 1. The van der Waals surface area contributed by atoms with Crippen molar-refractivity contribution in [2.24, 2.45) is 5.10 Å².